The number of hydrogen-bond donors (Lipinski definition) is 5. The Labute approximate surface area is 115 Å². The summed E-state index contributed by atoms with van der Waals surface area (Å²) in [5.41, 5.74) is -0.289. The van der Waals surface area contributed by atoms with E-state index in [4.69, 9.17) is 30.3 Å². The highest BCUT2D eigenvalue weighted by Crippen LogP contribution is 2.35. The maximum absolute atomic E-state index is 10.3. The Hall–Kier alpha value is -2.03. The van der Waals surface area contributed by atoms with Crippen molar-refractivity contribution >= 4 is 5.97 Å². The van der Waals surface area contributed by atoms with Gasteiger partial charge in [-0.05, 0) is 12.1 Å². The highest BCUT2D eigenvalue weighted by Gasteiger charge is 2.11. The monoisotopic (exact) mass is 290 g/mol. The van der Waals surface area contributed by atoms with Gasteiger partial charge in [0.1, 0.15) is 0 Å². The molecule has 0 heterocycles. The first-order chi connectivity index (χ1) is 9.43. The van der Waals surface area contributed by atoms with E-state index in [2.05, 4.69) is 4.74 Å². The molecule has 5 N–H and O–H groups in total. The summed E-state index contributed by atoms with van der Waals surface area (Å²) in [6.07, 6.45) is 0. The third-order valence-corrected chi connectivity index (χ3v) is 1.98. The molecule has 0 atom stereocenters. The van der Waals surface area contributed by atoms with Crippen LogP contribution in [0.5, 0.6) is 17.2 Å². The number of carboxylic acids is 1. The number of ether oxygens (including phenoxy) is 2. The quantitative estimate of drug-likeness (QED) is 0.368. The van der Waals surface area contributed by atoms with Crippen LogP contribution in [-0.2, 0) is 9.47 Å². The van der Waals surface area contributed by atoms with E-state index in [9.17, 15) is 4.79 Å². The van der Waals surface area contributed by atoms with E-state index in [-0.39, 0.29) is 12.2 Å². The van der Waals surface area contributed by atoms with Gasteiger partial charge in [-0.3, -0.25) is 0 Å². The topological polar surface area (TPSA) is 137 Å². The zero-order chi connectivity index (χ0) is 15.5. The maximum atomic E-state index is 10.3. The number of hydrogen-bond acceptors (Lipinski definition) is 7. The molecule has 114 valence electrons. The lowest BCUT2D eigenvalue weighted by molar-refractivity contribution is 0.0500. The Kier molecular flexibility index (Phi) is 8.84. The Morgan fingerprint density at radius 2 is 1.65 bits per heavy atom. The van der Waals surface area contributed by atoms with Crippen LogP contribution in [0.15, 0.2) is 12.1 Å². The Balaban J connectivity index is 0.000000396. The Bertz CT molecular complexity index is 389. The van der Waals surface area contributed by atoms with E-state index >= 15 is 0 Å². The predicted molar refractivity (Wildman–Crippen MR) is 68.2 cm³/mol. The smallest absolute Gasteiger partial charge is 0.335 e. The minimum absolute atomic E-state index is 0.0870. The molecule has 0 fully saturated rings. The fraction of sp³-hybridized carbons (Fsp3) is 0.417. The summed E-state index contributed by atoms with van der Waals surface area (Å²) in [4.78, 5) is 10.3. The van der Waals surface area contributed by atoms with Gasteiger partial charge in [-0.1, -0.05) is 0 Å². The molecule has 0 spiro atoms. The van der Waals surface area contributed by atoms with Crippen LogP contribution in [0, 0.1) is 0 Å². The molecule has 1 aromatic rings. The van der Waals surface area contributed by atoms with Gasteiger partial charge in [0.2, 0.25) is 0 Å². The number of carboxylic acid groups (broad SMARTS) is 1. The molecule has 1 aromatic carbocycles. The first-order valence-electron chi connectivity index (χ1n) is 5.59. The van der Waals surface area contributed by atoms with Crippen LogP contribution >= 0.6 is 0 Å². The van der Waals surface area contributed by atoms with Gasteiger partial charge in [-0.15, -0.1) is 0 Å². The number of methoxy groups -OCH3 is 1. The molecular weight excluding hydrogens is 272 g/mol. The minimum Gasteiger partial charge on any atom is -0.504 e. The lowest BCUT2D eigenvalue weighted by Crippen LogP contribution is -2.05. The van der Waals surface area contributed by atoms with Crippen molar-refractivity contribution < 1.29 is 39.8 Å². The van der Waals surface area contributed by atoms with Crippen LogP contribution in [-0.4, -0.2) is 65.0 Å². The first-order valence-corrected chi connectivity index (χ1v) is 5.59. The molecule has 0 radical (unpaired) electrons. The fourth-order valence-corrected chi connectivity index (χ4v) is 1.04. The number of phenols is 3. The SMILES string of the molecule is COCCOCCO.O=C(O)c1cc(O)c(O)c(O)c1. The third-order valence-electron chi connectivity index (χ3n) is 1.98. The second-order valence-corrected chi connectivity index (χ2v) is 3.50. The fourth-order valence-electron chi connectivity index (χ4n) is 1.04. The maximum Gasteiger partial charge on any atom is 0.335 e. The number of phenolic OH excluding ortho intramolecular Hbond substituents is 3. The van der Waals surface area contributed by atoms with Crippen LogP contribution in [0.1, 0.15) is 10.4 Å². The molecule has 20 heavy (non-hydrogen) atoms. The zero-order valence-electron chi connectivity index (χ0n) is 10.9. The van der Waals surface area contributed by atoms with Crippen molar-refractivity contribution in [3.05, 3.63) is 17.7 Å². The average Bonchev–Trinajstić information content (AvgIpc) is 2.41. The number of aromatic hydroxyl groups is 3. The summed E-state index contributed by atoms with van der Waals surface area (Å²) in [6, 6.07) is 1.69. The molecule has 0 saturated carbocycles. The summed E-state index contributed by atoms with van der Waals surface area (Å²) < 4.78 is 9.53. The zero-order valence-corrected chi connectivity index (χ0v) is 10.9. The molecule has 0 aliphatic carbocycles. The van der Waals surface area contributed by atoms with Gasteiger partial charge in [0.15, 0.2) is 17.2 Å². The molecule has 0 unspecified atom stereocenters. The second kappa shape index (κ2) is 9.84. The van der Waals surface area contributed by atoms with Gasteiger partial charge < -0.3 is 35.0 Å². The number of aromatic carboxylic acids is 1. The van der Waals surface area contributed by atoms with E-state index in [0.29, 0.717) is 19.8 Å². The van der Waals surface area contributed by atoms with Crippen LogP contribution in [0.25, 0.3) is 0 Å². The number of carbonyl (C=O) groups is 1. The Morgan fingerprint density at radius 3 is 2.05 bits per heavy atom. The first kappa shape index (κ1) is 18.0. The van der Waals surface area contributed by atoms with E-state index in [0.717, 1.165) is 12.1 Å². The normalized spacial score (nSPS) is 9.70. The highest BCUT2D eigenvalue weighted by molar-refractivity contribution is 5.89. The van der Waals surface area contributed by atoms with Gasteiger partial charge in [0.25, 0.3) is 0 Å². The van der Waals surface area contributed by atoms with Crippen molar-refractivity contribution in [2.45, 2.75) is 0 Å². The summed E-state index contributed by atoms with van der Waals surface area (Å²) in [7, 11) is 1.61. The van der Waals surface area contributed by atoms with E-state index in [1.165, 1.54) is 0 Å². The number of benzene rings is 1. The average molecular weight is 290 g/mol. The van der Waals surface area contributed by atoms with Crippen LogP contribution in [0.3, 0.4) is 0 Å². The number of aliphatic hydroxyl groups is 1. The molecule has 8 heteroatoms. The Morgan fingerprint density at radius 1 is 1.10 bits per heavy atom. The van der Waals surface area contributed by atoms with Crippen molar-refractivity contribution in [1.82, 2.24) is 0 Å². The largest absolute Gasteiger partial charge is 0.504 e. The minimum atomic E-state index is -1.29. The molecular formula is C12H18O8. The van der Waals surface area contributed by atoms with Crippen molar-refractivity contribution in [3.8, 4) is 17.2 Å². The van der Waals surface area contributed by atoms with Crippen LogP contribution < -0.4 is 0 Å². The number of aliphatic hydroxyl groups excluding tert-OH is 1. The van der Waals surface area contributed by atoms with E-state index in [1.807, 2.05) is 0 Å². The van der Waals surface area contributed by atoms with Gasteiger partial charge in [0.05, 0.1) is 32.0 Å². The summed E-state index contributed by atoms with van der Waals surface area (Å²) in [5.74, 6) is -3.33. The molecule has 8 nitrogen and oxygen atoms in total. The van der Waals surface area contributed by atoms with Gasteiger partial charge in [0, 0.05) is 7.11 Å². The van der Waals surface area contributed by atoms with Crippen LogP contribution in [0.2, 0.25) is 0 Å². The second-order valence-electron chi connectivity index (χ2n) is 3.50. The molecule has 0 aromatic heterocycles. The van der Waals surface area contributed by atoms with Gasteiger partial charge in [-0.2, -0.15) is 0 Å². The van der Waals surface area contributed by atoms with Crippen molar-refractivity contribution in [1.29, 1.82) is 0 Å². The molecule has 1 rings (SSSR count). The molecule has 0 amide bonds. The van der Waals surface area contributed by atoms with E-state index in [1.54, 1.807) is 7.11 Å². The van der Waals surface area contributed by atoms with E-state index < -0.39 is 23.2 Å². The molecule has 0 saturated heterocycles. The predicted octanol–water partition coefficient (Wildman–Crippen LogP) is 0.143. The standard InChI is InChI=1S/C7H6O5.C5H12O3/c8-4-1-3(7(11)12)2-5(9)6(4)10;1-7-4-5-8-3-2-6/h1-2,8-10H,(H,11,12);6H,2-5H2,1H3. The van der Waals surface area contributed by atoms with Crippen molar-refractivity contribution in [2.24, 2.45) is 0 Å². The summed E-state index contributed by atoms with van der Waals surface area (Å²) >= 11 is 0. The summed E-state index contributed by atoms with van der Waals surface area (Å²) in [6.45, 7) is 1.66. The van der Waals surface area contributed by atoms with Gasteiger partial charge in [-0.25, -0.2) is 4.79 Å². The van der Waals surface area contributed by atoms with Crippen molar-refractivity contribution in [2.75, 3.05) is 33.5 Å². The highest BCUT2D eigenvalue weighted by atomic mass is 16.5. The molecule has 0 bridgehead atoms. The molecule has 0 aliphatic rings. The lowest BCUT2D eigenvalue weighted by Gasteiger charge is -2.01. The van der Waals surface area contributed by atoms with Gasteiger partial charge >= 0.3 is 5.97 Å². The van der Waals surface area contributed by atoms with Crippen LogP contribution in [0.4, 0.5) is 0 Å². The summed E-state index contributed by atoms with van der Waals surface area (Å²) in [5, 5.41) is 43.2. The van der Waals surface area contributed by atoms with Crippen molar-refractivity contribution in [3.63, 3.8) is 0 Å². The lowest BCUT2D eigenvalue weighted by atomic mass is 10.2. The molecule has 0 aliphatic heterocycles. The number of rotatable bonds is 6. The third kappa shape index (κ3) is 6.78.